The van der Waals surface area contributed by atoms with Crippen molar-refractivity contribution in [3.8, 4) is 0 Å². The molecule has 5 rings (SSSR count). The number of aromatic nitrogens is 4. The van der Waals surface area contributed by atoms with Crippen molar-refractivity contribution < 1.29 is 36.8 Å². The van der Waals surface area contributed by atoms with Gasteiger partial charge in [-0.1, -0.05) is 0 Å². The van der Waals surface area contributed by atoms with Gasteiger partial charge >= 0.3 is 39.8 Å². The molecule has 8 bridgehead atoms. The molecule has 5 heterocycles. The SMILES string of the molecule is O=[N+]([O-])C1=C([N+](=O)[O-])c2nc1cc1nc(cc3ccc(cc4cc([N+](=O)[O-])c([nH]4)c2[N+](=O)[O-])[nH]3)C=C1.[Fe+2]. The third kappa shape index (κ3) is 4.30. The molecule has 3 aromatic rings. The number of aromatic amines is 2. The molecule has 0 saturated carbocycles. The van der Waals surface area contributed by atoms with E-state index in [0.29, 0.717) is 16.7 Å². The summed E-state index contributed by atoms with van der Waals surface area (Å²) in [6.45, 7) is 0. The van der Waals surface area contributed by atoms with E-state index in [1.807, 2.05) is 0 Å². The van der Waals surface area contributed by atoms with Gasteiger partial charge in [0, 0.05) is 22.6 Å². The number of fused-ring (bicyclic) bond motifs is 8. The van der Waals surface area contributed by atoms with E-state index in [9.17, 15) is 40.5 Å². The van der Waals surface area contributed by atoms with E-state index in [1.54, 1.807) is 24.3 Å². The van der Waals surface area contributed by atoms with E-state index in [4.69, 9.17) is 0 Å². The Kier molecular flexibility index (Phi) is 6.08. The molecule has 2 aliphatic heterocycles. The van der Waals surface area contributed by atoms with Crippen molar-refractivity contribution in [1.82, 2.24) is 19.9 Å². The van der Waals surface area contributed by atoms with Gasteiger partial charge in [0.2, 0.25) is 5.69 Å². The van der Waals surface area contributed by atoms with E-state index in [0.717, 1.165) is 12.1 Å². The summed E-state index contributed by atoms with van der Waals surface area (Å²) in [5.74, 6) is 0. The van der Waals surface area contributed by atoms with Crippen LogP contribution in [0.25, 0.3) is 45.6 Å². The van der Waals surface area contributed by atoms with Crippen molar-refractivity contribution in [2.45, 2.75) is 0 Å². The minimum absolute atomic E-state index is 0. The van der Waals surface area contributed by atoms with Crippen molar-refractivity contribution in [3.63, 3.8) is 0 Å². The molecule has 0 amide bonds. The van der Waals surface area contributed by atoms with Crippen LogP contribution in [0.2, 0.25) is 0 Å². The minimum atomic E-state index is -1.27. The normalized spacial score (nSPS) is 12.2. The van der Waals surface area contributed by atoms with Crippen molar-refractivity contribution >= 4 is 57.0 Å². The predicted molar refractivity (Wildman–Crippen MR) is 124 cm³/mol. The molecule has 37 heavy (non-hydrogen) atoms. The summed E-state index contributed by atoms with van der Waals surface area (Å²) in [4.78, 5) is 56.8. The van der Waals surface area contributed by atoms with Crippen molar-refractivity contribution in [2.24, 2.45) is 0 Å². The first-order valence-corrected chi connectivity index (χ1v) is 9.88. The van der Waals surface area contributed by atoms with Crippen LogP contribution in [0.4, 0.5) is 11.4 Å². The third-order valence-electron chi connectivity index (χ3n) is 5.26. The summed E-state index contributed by atoms with van der Waals surface area (Å²) >= 11 is 0. The van der Waals surface area contributed by atoms with Crippen LogP contribution in [-0.4, -0.2) is 39.6 Å². The second-order valence-electron chi connectivity index (χ2n) is 7.50. The van der Waals surface area contributed by atoms with Gasteiger partial charge in [-0.05, 0) is 42.5 Å². The zero-order valence-corrected chi connectivity index (χ0v) is 19.0. The fourth-order valence-electron chi connectivity index (χ4n) is 3.86. The maximum absolute atomic E-state index is 12.1. The summed E-state index contributed by atoms with van der Waals surface area (Å²) < 4.78 is 0. The van der Waals surface area contributed by atoms with Gasteiger partial charge in [-0.25, -0.2) is 9.97 Å². The average Bonchev–Trinajstić information content (AvgIpc) is 3.56. The third-order valence-corrected chi connectivity index (χ3v) is 5.26. The molecule has 0 spiro atoms. The Morgan fingerprint density at radius 2 is 1.27 bits per heavy atom. The van der Waals surface area contributed by atoms with Crippen LogP contribution in [0.15, 0.2) is 36.4 Å². The van der Waals surface area contributed by atoms with Crippen molar-refractivity contribution in [2.75, 3.05) is 0 Å². The van der Waals surface area contributed by atoms with Crippen LogP contribution in [0.3, 0.4) is 0 Å². The quantitative estimate of drug-likeness (QED) is 0.214. The summed E-state index contributed by atoms with van der Waals surface area (Å²) in [7, 11) is 0. The van der Waals surface area contributed by atoms with Gasteiger partial charge in [0.25, 0.3) is 0 Å². The molecule has 0 aromatic carbocycles. The monoisotopic (exact) mass is 546 g/mol. The van der Waals surface area contributed by atoms with Crippen LogP contribution < -0.4 is 0 Å². The van der Waals surface area contributed by atoms with E-state index < -0.39 is 59.4 Å². The first-order chi connectivity index (χ1) is 17.1. The molecule has 3 aromatic heterocycles. The molecule has 17 heteroatoms. The van der Waals surface area contributed by atoms with Crippen LogP contribution in [0.5, 0.6) is 0 Å². The minimum Gasteiger partial charge on any atom is -0.355 e. The van der Waals surface area contributed by atoms with Gasteiger partial charge in [0.1, 0.15) is 0 Å². The van der Waals surface area contributed by atoms with Gasteiger partial charge in [-0.3, -0.25) is 40.5 Å². The molecule has 0 unspecified atom stereocenters. The topological polar surface area (TPSA) is 230 Å². The molecule has 0 atom stereocenters. The van der Waals surface area contributed by atoms with Crippen LogP contribution in [0, 0.1) is 40.5 Å². The zero-order valence-electron chi connectivity index (χ0n) is 17.9. The molecular formula is C20H10FeN8O8+2. The van der Waals surface area contributed by atoms with Gasteiger partial charge < -0.3 is 9.97 Å². The maximum atomic E-state index is 12.1. The van der Waals surface area contributed by atoms with Gasteiger partial charge in [0.15, 0.2) is 11.2 Å². The Balaban J connectivity index is 0.00000320. The van der Waals surface area contributed by atoms with Gasteiger partial charge in [-0.15, -0.1) is 0 Å². The van der Waals surface area contributed by atoms with Crippen molar-refractivity contribution in [3.05, 3.63) is 99.6 Å². The van der Waals surface area contributed by atoms with Crippen LogP contribution >= 0.6 is 0 Å². The first kappa shape index (κ1) is 24.8. The Morgan fingerprint density at radius 3 is 1.86 bits per heavy atom. The molecule has 0 aliphatic carbocycles. The fourth-order valence-corrected chi connectivity index (χ4v) is 3.86. The molecule has 184 valence electrons. The Morgan fingerprint density at radius 1 is 0.649 bits per heavy atom. The maximum Gasteiger partial charge on any atom is 2.00 e. The number of nitro groups is 4. The molecule has 2 N–H and O–H groups in total. The molecule has 16 nitrogen and oxygen atoms in total. The number of nitrogens with one attached hydrogen (secondary N) is 2. The molecule has 2 aliphatic rings. The second-order valence-corrected chi connectivity index (χ2v) is 7.50. The van der Waals surface area contributed by atoms with E-state index in [1.165, 1.54) is 12.1 Å². The van der Waals surface area contributed by atoms with Crippen molar-refractivity contribution in [1.29, 1.82) is 0 Å². The largest absolute Gasteiger partial charge is 2.00 e. The van der Waals surface area contributed by atoms with E-state index in [-0.39, 0.29) is 28.3 Å². The number of hydrogen-bond donors (Lipinski definition) is 2. The molecule has 0 radical (unpaired) electrons. The Hall–Kier alpha value is -5.28. The summed E-state index contributed by atoms with van der Waals surface area (Å²) in [5.41, 5.74) is -4.88. The molecular weight excluding hydrogens is 536 g/mol. The van der Waals surface area contributed by atoms with E-state index >= 15 is 0 Å². The fraction of sp³-hybridized carbons (Fsp3) is 0. The number of H-pyrrole nitrogens is 2. The Labute approximate surface area is 213 Å². The predicted octanol–water partition coefficient (Wildman–Crippen LogP) is 3.68. The second kappa shape index (κ2) is 9.06. The van der Waals surface area contributed by atoms with Crippen LogP contribution in [0.1, 0.15) is 22.8 Å². The standard InChI is InChI=1S/C20H10N8O8.Fe/c29-25(30)15-8-13-6-11-2-1-9(21-11)5-10-3-4-12(22-10)7-14-18(26(31)32)20(28(35)36)17(24-14)19(27(33)34)16(15)23-13;/h1-8,21,23H;/q;+2. The van der Waals surface area contributed by atoms with Gasteiger partial charge in [-0.2, -0.15) is 0 Å². The van der Waals surface area contributed by atoms with Crippen LogP contribution in [-0.2, 0) is 17.1 Å². The molecule has 0 saturated heterocycles. The van der Waals surface area contributed by atoms with E-state index in [2.05, 4.69) is 19.9 Å². The van der Waals surface area contributed by atoms with Gasteiger partial charge in [0.05, 0.1) is 31.1 Å². The average molecular weight is 546 g/mol. The first-order valence-electron chi connectivity index (χ1n) is 9.88. The Bertz CT molecular complexity index is 1770. The number of hydrogen-bond acceptors (Lipinski definition) is 10. The molecule has 0 fully saturated rings. The zero-order chi connectivity index (χ0) is 25.7. The number of nitrogens with zero attached hydrogens (tertiary/aromatic N) is 6. The summed E-state index contributed by atoms with van der Waals surface area (Å²) in [6, 6.07) is 8.51. The summed E-state index contributed by atoms with van der Waals surface area (Å²) in [5, 5.41) is 47.5. The summed E-state index contributed by atoms with van der Waals surface area (Å²) in [6.07, 6.45) is 3.07. The smallest absolute Gasteiger partial charge is 0.355 e. The number of rotatable bonds is 4.